The van der Waals surface area contributed by atoms with Crippen LogP contribution in [0.3, 0.4) is 0 Å². The van der Waals surface area contributed by atoms with Crippen molar-refractivity contribution in [3.05, 3.63) is 35.4 Å². The number of rotatable bonds is 6. The highest BCUT2D eigenvalue weighted by atomic mass is 16.4. The van der Waals surface area contributed by atoms with E-state index in [0.717, 1.165) is 62.6 Å². The number of carbonyl (C=O) groups excluding carboxylic acids is 1. The van der Waals surface area contributed by atoms with E-state index in [-0.39, 0.29) is 34.3 Å². The van der Waals surface area contributed by atoms with E-state index < -0.39 is 11.6 Å². The highest BCUT2D eigenvalue weighted by molar-refractivity contribution is 6.41. The van der Waals surface area contributed by atoms with Crippen LogP contribution in [0.4, 0.5) is 0 Å². The largest absolute Gasteiger partial charge is 0.478 e. The molecule has 1 aromatic carbocycles. The quantitative estimate of drug-likeness (QED) is 0.441. The van der Waals surface area contributed by atoms with Crippen molar-refractivity contribution in [3.63, 3.8) is 0 Å². The summed E-state index contributed by atoms with van der Waals surface area (Å²) in [6, 6.07) is 7.11. The Morgan fingerprint density at radius 1 is 1.03 bits per heavy atom. The number of benzene rings is 1. The number of aromatic carboxylic acids is 1. The minimum Gasteiger partial charge on any atom is -0.478 e. The van der Waals surface area contributed by atoms with Crippen LogP contribution in [0.15, 0.2) is 29.3 Å². The number of hydrogen-bond acceptors (Lipinski definition) is 3. The molecule has 5 nitrogen and oxygen atoms in total. The number of carboxylic acids is 1. The molecular formula is C31H46N2O3. The van der Waals surface area contributed by atoms with Gasteiger partial charge in [0.2, 0.25) is 0 Å². The summed E-state index contributed by atoms with van der Waals surface area (Å²) in [5.41, 5.74) is 2.05. The van der Waals surface area contributed by atoms with Gasteiger partial charge in [-0.1, -0.05) is 66.5 Å². The molecule has 1 atom stereocenters. The van der Waals surface area contributed by atoms with Crippen LogP contribution in [0.2, 0.25) is 0 Å². The Morgan fingerprint density at radius 2 is 1.61 bits per heavy atom. The van der Waals surface area contributed by atoms with E-state index in [0.29, 0.717) is 5.92 Å². The van der Waals surface area contributed by atoms with Crippen molar-refractivity contribution in [2.45, 2.75) is 117 Å². The molecule has 2 aliphatic carbocycles. The average molecular weight is 495 g/mol. The van der Waals surface area contributed by atoms with Gasteiger partial charge < -0.3 is 10.0 Å². The number of carboxylic acid groups (broad SMARTS) is 1. The summed E-state index contributed by atoms with van der Waals surface area (Å²) in [4.78, 5) is 33.3. The van der Waals surface area contributed by atoms with Crippen LogP contribution >= 0.6 is 0 Å². The second-order valence-corrected chi connectivity index (χ2v) is 13.8. The maximum absolute atomic E-state index is 14.3. The normalized spacial score (nSPS) is 26.5. The minimum atomic E-state index is -0.922. The van der Waals surface area contributed by atoms with Crippen LogP contribution in [-0.2, 0) is 4.79 Å². The fourth-order valence-corrected chi connectivity index (χ4v) is 6.70. The number of carbonyl (C=O) groups is 2. The summed E-state index contributed by atoms with van der Waals surface area (Å²) in [5.74, 6) is 0.136. The smallest absolute Gasteiger partial charge is 0.335 e. The van der Waals surface area contributed by atoms with E-state index in [1.807, 2.05) is 12.1 Å². The van der Waals surface area contributed by atoms with Gasteiger partial charge in [-0.2, -0.15) is 0 Å². The fraction of sp³-hybridized carbons (Fsp3) is 0.710. The Hall–Kier alpha value is -2.17. The molecule has 0 aromatic heterocycles. The summed E-state index contributed by atoms with van der Waals surface area (Å²) >= 11 is 0. The Bertz CT molecular complexity index is 982. The first-order valence-corrected chi connectivity index (χ1v) is 14.1. The molecule has 36 heavy (non-hydrogen) atoms. The zero-order valence-corrected chi connectivity index (χ0v) is 23.3. The first-order chi connectivity index (χ1) is 16.8. The first-order valence-electron chi connectivity index (χ1n) is 14.1. The summed E-state index contributed by atoms with van der Waals surface area (Å²) in [6.07, 6.45) is 10.3. The predicted molar refractivity (Wildman–Crippen MR) is 145 cm³/mol. The second kappa shape index (κ2) is 9.95. The third-order valence-electron chi connectivity index (χ3n) is 8.99. The van der Waals surface area contributed by atoms with Crippen molar-refractivity contribution in [1.82, 2.24) is 4.90 Å². The topological polar surface area (TPSA) is 70.0 Å². The van der Waals surface area contributed by atoms with E-state index in [4.69, 9.17) is 4.99 Å². The number of amides is 1. The molecule has 2 saturated carbocycles. The Morgan fingerprint density at radius 3 is 2.11 bits per heavy atom. The van der Waals surface area contributed by atoms with Gasteiger partial charge in [0, 0.05) is 5.92 Å². The zero-order chi connectivity index (χ0) is 26.3. The van der Waals surface area contributed by atoms with E-state index in [1.54, 1.807) is 12.1 Å². The molecule has 5 heteroatoms. The van der Waals surface area contributed by atoms with Crippen molar-refractivity contribution < 1.29 is 14.7 Å². The SMILES string of the molecule is CC(C)(C)CC[C@H](c1ccc(C(=O)O)cc1)N1C(=O)C(C2CCCC2)=NC12CCC(C(C)(C)C)CC2. The lowest BCUT2D eigenvalue weighted by Crippen LogP contribution is -2.51. The van der Waals surface area contributed by atoms with Crippen LogP contribution < -0.4 is 0 Å². The van der Waals surface area contributed by atoms with Crippen molar-refractivity contribution in [3.8, 4) is 0 Å². The molecule has 0 unspecified atom stereocenters. The van der Waals surface area contributed by atoms with Gasteiger partial charge in [-0.3, -0.25) is 9.79 Å². The molecule has 1 amide bonds. The fourth-order valence-electron chi connectivity index (χ4n) is 6.70. The van der Waals surface area contributed by atoms with Crippen molar-refractivity contribution in [2.24, 2.45) is 27.7 Å². The van der Waals surface area contributed by atoms with Gasteiger partial charge in [-0.05, 0) is 85.8 Å². The van der Waals surface area contributed by atoms with Crippen LogP contribution in [0.1, 0.15) is 128 Å². The van der Waals surface area contributed by atoms with Crippen molar-refractivity contribution in [1.29, 1.82) is 0 Å². The molecule has 4 rings (SSSR count). The molecule has 3 aliphatic rings. The minimum absolute atomic E-state index is 0.103. The molecule has 1 spiro atoms. The number of nitrogens with zero attached hydrogens (tertiary/aromatic N) is 2. The lowest BCUT2D eigenvalue weighted by molar-refractivity contribution is -0.134. The third-order valence-corrected chi connectivity index (χ3v) is 8.99. The van der Waals surface area contributed by atoms with E-state index in [1.165, 1.54) is 12.8 Å². The summed E-state index contributed by atoms with van der Waals surface area (Å²) in [5, 5.41) is 9.44. The Kier molecular flexibility index (Phi) is 7.43. The Labute approximate surface area is 217 Å². The summed E-state index contributed by atoms with van der Waals surface area (Å²) in [7, 11) is 0. The summed E-state index contributed by atoms with van der Waals surface area (Å²) < 4.78 is 0. The van der Waals surface area contributed by atoms with Crippen LogP contribution in [0.5, 0.6) is 0 Å². The maximum Gasteiger partial charge on any atom is 0.335 e. The van der Waals surface area contributed by atoms with Gasteiger partial charge in [-0.15, -0.1) is 0 Å². The number of aliphatic imine (C=N–C) groups is 1. The number of hydrogen-bond donors (Lipinski definition) is 1. The maximum atomic E-state index is 14.3. The molecule has 0 saturated heterocycles. The molecule has 0 bridgehead atoms. The molecular weight excluding hydrogens is 448 g/mol. The lowest BCUT2D eigenvalue weighted by atomic mass is 9.69. The van der Waals surface area contributed by atoms with Crippen LogP contribution in [-0.4, -0.2) is 33.3 Å². The molecule has 1 N–H and O–H groups in total. The standard InChI is InChI=1S/C31H46N2O3/c1-29(2,3)18-17-25(21-11-13-23(14-12-21)28(35)36)33-27(34)26(22-9-7-8-10-22)32-31(33)19-15-24(16-20-31)30(4,5)6/h11-14,22,24-25H,7-10,15-20H2,1-6H3,(H,35,36)/t24?,25-,31?/m1/s1. The molecule has 1 aromatic rings. The van der Waals surface area contributed by atoms with Gasteiger partial charge in [0.25, 0.3) is 5.91 Å². The van der Waals surface area contributed by atoms with Gasteiger partial charge in [0.1, 0.15) is 11.4 Å². The molecule has 2 fully saturated rings. The van der Waals surface area contributed by atoms with Gasteiger partial charge in [0.05, 0.1) is 11.6 Å². The van der Waals surface area contributed by atoms with Gasteiger partial charge in [0.15, 0.2) is 0 Å². The zero-order valence-electron chi connectivity index (χ0n) is 23.3. The van der Waals surface area contributed by atoms with E-state index in [2.05, 4.69) is 46.4 Å². The first kappa shape index (κ1) is 26.9. The van der Waals surface area contributed by atoms with Crippen molar-refractivity contribution in [2.75, 3.05) is 0 Å². The molecule has 1 heterocycles. The highest BCUT2D eigenvalue weighted by Gasteiger charge is 2.53. The highest BCUT2D eigenvalue weighted by Crippen LogP contribution is 2.51. The summed E-state index contributed by atoms with van der Waals surface area (Å²) in [6.45, 7) is 13.7. The molecule has 198 valence electrons. The van der Waals surface area contributed by atoms with Crippen LogP contribution in [0.25, 0.3) is 0 Å². The predicted octanol–water partition coefficient (Wildman–Crippen LogP) is 7.66. The third kappa shape index (κ3) is 5.55. The Balaban J connectivity index is 1.73. The second-order valence-electron chi connectivity index (χ2n) is 13.8. The lowest BCUT2D eigenvalue weighted by Gasteiger charge is -2.48. The van der Waals surface area contributed by atoms with Crippen LogP contribution in [0, 0.1) is 22.7 Å². The van der Waals surface area contributed by atoms with E-state index in [9.17, 15) is 14.7 Å². The monoisotopic (exact) mass is 494 g/mol. The van der Waals surface area contributed by atoms with Gasteiger partial charge >= 0.3 is 5.97 Å². The van der Waals surface area contributed by atoms with Crippen molar-refractivity contribution >= 4 is 17.6 Å². The molecule has 0 radical (unpaired) electrons. The van der Waals surface area contributed by atoms with E-state index >= 15 is 0 Å². The molecule has 1 aliphatic heterocycles. The van der Waals surface area contributed by atoms with Gasteiger partial charge in [-0.25, -0.2) is 4.79 Å². The average Bonchev–Trinajstić information content (AvgIpc) is 3.41.